The molecule has 0 aliphatic rings. The van der Waals surface area contributed by atoms with Crippen LogP contribution in [0.25, 0.3) is 0 Å². The van der Waals surface area contributed by atoms with E-state index >= 15 is 0 Å². The first-order valence-corrected chi connectivity index (χ1v) is 6.54. The number of rotatable bonds is 4. The van der Waals surface area contributed by atoms with Gasteiger partial charge in [0.1, 0.15) is 5.75 Å². The first kappa shape index (κ1) is 12.9. The molecule has 3 heteroatoms. The molecule has 1 unspecified atom stereocenters. The van der Waals surface area contributed by atoms with Gasteiger partial charge in [0.05, 0.1) is 6.10 Å². The molecule has 84 valence electrons. The molecule has 0 aliphatic carbocycles. The zero-order valence-electron chi connectivity index (χ0n) is 9.31. The van der Waals surface area contributed by atoms with Crippen molar-refractivity contribution in [2.24, 2.45) is 0 Å². The highest BCUT2D eigenvalue weighted by atomic mass is 79.9. The average molecular weight is 292 g/mol. The molecule has 0 bridgehead atoms. The molecular formula is C12H16BrClO. The van der Waals surface area contributed by atoms with Crippen molar-refractivity contribution in [1.29, 1.82) is 0 Å². The Morgan fingerprint density at radius 2 is 1.87 bits per heavy atom. The zero-order valence-corrected chi connectivity index (χ0v) is 11.7. The van der Waals surface area contributed by atoms with E-state index < -0.39 is 0 Å². The summed E-state index contributed by atoms with van der Waals surface area (Å²) in [5, 5.41) is 1.79. The molecule has 0 fully saturated rings. The van der Waals surface area contributed by atoms with Gasteiger partial charge in [-0.05, 0) is 50.5 Å². The summed E-state index contributed by atoms with van der Waals surface area (Å²) < 4.78 is 5.78. The highest BCUT2D eigenvalue weighted by Gasteiger charge is 2.06. The minimum atomic E-state index is 0.226. The minimum Gasteiger partial charge on any atom is -0.491 e. The topological polar surface area (TPSA) is 9.23 Å². The second-order valence-electron chi connectivity index (χ2n) is 3.78. The van der Waals surface area contributed by atoms with Gasteiger partial charge in [-0.3, -0.25) is 0 Å². The number of halogens is 2. The van der Waals surface area contributed by atoms with Crippen LogP contribution in [0.3, 0.4) is 0 Å². The molecule has 15 heavy (non-hydrogen) atoms. The lowest BCUT2D eigenvalue weighted by atomic mass is 10.1. The number of aryl methyl sites for hydroxylation is 2. The standard InChI is InChI=1S/C12H16BrClO/c1-8-6-11(7-9(2)12(8)14)15-10(3)4-5-13/h6-7,10H,4-5H2,1-3H3. The first-order chi connectivity index (χ1) is 7.04. The van der Waals surface area contributed by atoms with Crippen LogP contribution in [0.15, 0.2) is 12.1 Å². The van der Waals surface area contributed by atoms with Crippen molar-refractivity contribution in [3.05, 3.63) is 28.3 Å². The number of benzene rings is 1. The number of hydrogen-bond donors (Lipinski definition) is 0. The Morgan fingerprint density at radius 1 is 1.33 bits per heavy atom. The number of alkyl halides is 1. The summed E-state index contributed by atoms with van der Waals surface area (Å²) >= 11 is 9.49. The van der Waals surface area contributed by atoms with Crippen molar-refractivity contribution in [3.63, 3.8) is 0 Å². The molecule has 0 N–H and O–H groups in total. The second kappa shape index (κ2) is 5.76. The van der Waals surface area contributed by atoms with Crippen LogP contribution in [0.5, 0.6) is 5.75 Å². The van der Waals surface area contributed by atoms with Gasteiger partial charge < -0.3 is 4.74 Å². The third kappa shape index (κ3) is 3.69. The zero-order chi connectivity index (χ0) is 11.4. The molecule has 0 radical (unpaired) electrons. The van der Waals surface area contributed by atoms with Crippen molar-refractivity contribution in [2.45, 2.75) is 33.3 Å². The van der Waals surface area contributed by atoms with Crippen LogP contribution in [0.2, 0.25) is 5.02 Å². The monoisotopic (exact) mass is 290 g/mol. The van der Waals surface area contributed by atoms with Crippen molar-refractivity contribution in [1.82, 2.24) is 0 Å². The molecule has 0 saturated heterocycles. The third-order valence-corrected chi connectivity index (χ3v) is 3.32. The molecule has 0 aliphatic heterocycles. The van der Waals surface area contributed by atoms with E-state index in [1.54, 1.807) is 0 Å². The normalized spacial score (nSPS) is 12.6. The van der Waals surface area contributed by atoms with Crippen LogP contribution < -0.4 is 4.74 Å². The van der Waals surface area contributed by atoms with Crippen LogP contribution >= 0.6 is 27.5 Å². The molecule has 1 rings (SSSR count). The van der Waals surface area contributed by atoms with Crippen molar-refractivity contribution >= 4 is 27.5 Å². The van der Waals surface area contributed by atoms with Crippen LogP contribution in [-0.4, -0.2) is 11.4 Å². The molecule has 0 aromatic heterocycles. The molecular weight excluding hydrogens is 275 g/mol. The maximum absolute atomic E-state index is 6.08. The molecule has 0 amide bonds. The Bertz CT molecular complexity index is 315. The Hall–Kier alpha value is -0.210. The molecule has 1 nitrogen and oxygen atoms in total. The van der Waals surface area contributed by atoms with E-state index in [9.17, 15) is 0 Å². The number of ether oxygens (including phenoxy) is 1. The average Bonchev–Trinajstić information content (AvgIpc) is 2.14. The third-order valence-electron chi connectivity index (χ3n) is 2.26. The largest absolute Gasteiger partial charge is 0.491 e. The van der Waals surface area contributed by atoms with Gasteiger partial charge in [0.25, 0.3) is 0 Å². The molecule has 1 atom stereocenters. The summed E-state index contributed by atoms with van der Waals surface area (Å²) in [5.74, 6) is 0.905. The maximum atomic E-state index is 6.08. The highest BCUT2D eigenvalue weighted by molar-refractivity contribution is 9.09. The predicted octanol–water partition coefficient (Wildman–Crippen LogP) is 4.51. The van der Waals surface area contributed by atoms with E-state index in [4.69, 9.17) is 16.3 Å². The molecule has 0 saturated carbocycles. The lowest BCUT2D eigenvalue weighted by Crippen LogP contribution is -2.12. The van der Waals surface area contributed by atoms with Gasteiger partial charge in [0.15, 0.2) is 0 Å². The van der Waals surface area contributed by atoms with E-state index in [0.717, 1.165) is 33.6 Å². The summed E-state index contributed by atoms with van der Waals surface area (Å²) in [5.41, 5.74) is 2.13. The Morgan fingerprint density at radius 3 is 2.33 bits per heavy atom. The van der Waals surface area contributed by atoms with Gasteiger partial charge in [-0.1, -0.05) is 27.5 Å². The van der Waals surface area contributed by atoms with E-state index in [-0.39, 0.29) is 6.10 Å². The maximum Gasteiger partial charge on any atom is 0.120 e. The van der Waals surface area contributed by atoms with Crippen molar-refractivity contribution in [2.75, 3.05) is 5.33 Å². The van der Waals surface area contributed by atoms with E-state index in [1.165, 1.54) is 0 Å². The predicted molar refractivity (Wildman–Crippen MR) is 69.4 cm³/mol. The fourth-order valence-electron chi connectivity index (χ4n) is 1.42. The minimum absolute atomic E-state index is 0.226. The van der Waals surface area contributed by atoms with Crippen LogP contribution in [0.4, 0.5) is 0 Å². The summed E-state index contributed by atoms with van der Waals surface area (Å²) in [6.45, 7) is 6.06. The van der Waals surface area contributed by atoms with Gasteiger partial charge in [-0.15, -0.1) is 0 Å². The summed E-state index contributed by atoms with van der Waals surface area (Å²) in [6, 6.07) is 3.97. The molecule has 1 aromatic carbocycles. The molecule has 1 aromatic rings. The molecule has 0 heterocycles. The second-order valence-corrected chi connectivity index (χ2v) is 4.95. The SMILES string of the molecule is Cc1cc(OC(C)CCBr)cc(C)c1Cl. The van der Waals surface area contributed by atoms with E-state index in [1.807, 2.05) is 26.0 Å². The van der Waals surface area contributed by atoms with Gasteiger partial charge >= 0.3 is 0 Å². The van der Waals surface area contributed by atoms with Crippen molar-refractivity contribution < 1.29 is 4.74 Å². The summed E-state index contributed by atoms with van der Waals surface area (Å²) in [6.07, 6.45) is 1.23. The highest BCUT2D eigenvalue weighted by Crippen LogP contribution is 2.26. The van der Waals surface area contributed by atoms with E-state index in [2.05, 4.69) is 22.9 Å². The van der Waals surface area contributed by atoms with Gasteiger partial charge in [0.2, 0.25) is 0 Å². The van der Waals surface area contributed by atoms with Gasteiger partial charge in [0, 0.05) is 10.4 Å². The lowest BCUT2D eigenvalue weighted by molar-refractivity contribution is 0.219. The molecule has 0 spiro atoms. The fraction of sp³-hybridized carbons (Fsp3) is 0.500. The van der Waals surface area contributed by atoms with Crippen LogP contribution in [0, 0.1) is 13.8 Å². The Balaban J connectivity index is 2.78. The van der Waals surface area contributed by atoms with Crippen LogP contribution in [-0.2, 0) is 0 Å². The fourth-order valence-corrected chi connectivity index (χ4v) is 2.17. The Labute approximate surface area is 105 Å². The lowest BCUT2D eigenvalue weighted by Gasteiger charge is -2.15. The number of hydrogen-bond acceptors (Lipinski definition) is 1. The smallest absolute Gasteiger partial charge is 0.120 e. The summed E-state index contributed by atoms with van der Waals surface area (Å²) in [7, 11) is 0. The van der Waals surface area contributed by atoms with Crippen molar-refractivity contribution in [3.8, 4) is 5.75 Å². The van der Waals surface area contributed by atoms with E-state index in [0.29, 0.717) is 0 Å². The van der Waals surface area contributed by atoms with Crippen LogP contribution in [0.1, 0.15) is 24.5 Å². The quantitative estimate of drug-likeness (QED) is 0.742. The first-order valence-electron chi connectivity index (χ1n) is 5.04. The summed E-state index contributed by atoms with van der Waals surface area (Å²) in [4.78, 5) is 0. The van der Waals surface area contributed by atoms with Gasteiger partial charge in [-0.2, -0.15) is 0 Å². The van der Waals surface area contributed by atoms with Gasteiger partial charge in [-0.25, -0.2) is 0 Å². The Kier molecular flexibility index (Phi) is 4.94.